The Morgan fingerprint density at radius 3 is 1.14 bits per heavy atom. The average molecular weight is 842 g/mol. The van der Waals surface area contributed by atoms with Crippen LogP contribution in [0, 0.1) is 0 Å². The van der Waals surface area contributed by atoms with Gasteiger partial charge in [-0.3, -0.25) is 0 Å². The third-order valence-electron chi connectivity index (χ3n) is 14.7. The average Bonchev–Trinajstić information content (AvgIpc) is 3.90. The van der Waals surface area contributed by atoms with Gasteiger partial charge in [0.25, 0.3) is 0 Å². The van der Waals surface area contributed by atoms with E-state index in [-0.39, 0.29) is 5.41 Å². The van der Waals surface area contributed by atoms with Crippen molar-refractivity contribution in [2.75, 3.05) is 4.90 Å². The second kappa shape index (κ2) is 13.8. The molecule has 0 N–H and O–H groups in total. The molecular formula is C63H43N3. The fourth-order valence-corrected chi connectivity index (χ4v) is 11.6. The van der Waals surface area contributed by atoms with Crippen molar-refractivity contribution in [2.24, 2.45) is 0 Å². The lowest BCUT2D eigenvalue weighted by molar-refractivity contribution is 0.631. The Morgan fingerprint density at radius 1 is 0.273 bits per heavy atom. The van der Waals surface area contributed by atoms with E-state index in [2.05, 4.69) is 252 Å². The van der Waals surface area contributed by atoms with E-state index in [0.29, 0.717) is 0 Å². The lowest BCUT2D eigenvalue weighted by atomic mass is 9.73. The largest absolute Gasteiger partial charge is 0.310 e. The molecule has 0 amide bonds. The van der Waals surface area contributed by atoms with Gasteiger partial charge in [0.1, 0.15) is 0 Å². The first-order chi connectivity index (χ1) is 32.5. The fraction of sp³-hybridized carbons (Fsp3) is 0.0476. The highest BCUT2D eigenvalue weighted by atomic mass is 15.2. The van der Waals surface area contributed by atoms with Crippen molar-refractivity contribution in [2.45, 2.75) is 19.3 Å². The van der Waals surface area contributed by atoms with Gasteiger partial charge in [-0.2, -0.15) is 0 Å². The second-order valence-electron chi connectivity index (χ2n) is 18.5. The van der Waals surface area contributed by atoms with Crippen LogP contribution in [0.15, 0.2) is 224 Å². The Balaban J connectivity index is 1.05. The molecule has 2 aromatic heterocycles. The summed E-state index contributed by atoms with van der Waals surface area (Å²) in [6, 6.07) is 83.4. The molecule has 3 heterocycles. The minimum absolute atomic E-state index is 0.366. The smallest absolute Gasteiger partial charge is 0.0541 e. The molecular weight excluding hydrogens is 799 g/mol. The van der Waals surface area contributed by atoms with Crippen molar-refractivity contribution in [1.82, 2.24) is 9.13 Å². The van der Waals surface area contributed by atoms with Crippen LogP contribution in [0.4, 0.5) is 17.1 Å². The molecule has 0 spiro atoms. The van der Waals surface area contributed by atoms with E-state index in [1.54, 1.807) is 0 Å². The molecule has 0 radical (unpaired) electrons. The molecule has 0 saturated heterocycles. The SMILES string of the molecule is CC1(C)c2cc(-n3c4ccccc4c4ccccc43)ccc2N(c2ccc3c4ccccc4c4ccc(-c5ccccc5)cc4c3c2)c2ccc(-n3c4ccccc4c4ccccc43)cc21. The third kappa shape index (κ3) is 5.20. The number of fused-ring (bicyclic) bond motifs is 14. The van der Waals surface area contributed by atoms with E-state index in [0.717, 1.165) is 17.1 Å². The molecule has 310 valence electrons. The van der Waals surface area contributed by atoms with Crippen molar-refractivity contribution in [3.8, 4) is 22.5 Å². The van der Waals surface area contributed by atoms with E-state index in [9.17, 15) is 0 Å². The van der Waals surface area contributed by atoms with E-state index in [1.165, 1.54) is 110 Å². The maximum Gasteiger partial charge on any atom is 0.0541 e. The highest BCUT2D eigenvalue weighted by Crippen LogP contribution is 2.54. The highest BCUT2D eigenvalue weighted by molar-refractivity contribution is 6.26. The van der Waals surface area contributed by atoms with Crippen LogP contribution in [-0.4, -0.2) is 9.13 Å². The summed E-state index contributed by atoms with van der Waals surface area (Å²) in [5, 5.41) is 12.6. The number of para-hydroxylation sites is 4. The number of hydrogen-bond acceptors (Lipinski definition) is 1. The van der Waals surface area contributed by atoms with Gasteiger partial charge in [0.15, 0.2) is 0 Å². The molecule has 0 atom stereocenters. The number of nitrogens with zero attached hydrogens (tertiary/aromatic N) is 3. The number of rotatable bonds is 4. The minimum Gasteiger partial charge on any atom is -0.310 e. The van der Waals surface area contributed by atoms with Gasteiger partial charge in [-0.15, -0.1) is 0 Å². The summed E-state index contributed by atoms with van der Waals surface area (Å²) in [6.07, 6.45) is 0. The molecule has 11 aromatic carbocycles. The first kappa shape index (κ1) is 37.0. The monoisotopic (exact) mass is 841 g/mol. The van der Waals surface area contributed by atoms with Crippen molar-refractivity contribution in [3.05, 3.63) is 236 Å². The topological polar surface area (TPSA) is 13.1 Å². The predicted molar refractivity (Wildman–Crippen MR) is 280 cm³/mol. The van der Waals surface area contributed by atoms with Gasteiger partial charge in [0.05, 0.1) is 33.4 Å². The van der Waals surface area contributed by atoms with Gasteiger partial charge in [0, 0.05) is 44.0 Å². The van der Waals surface area contributed by atoms with Crippen LogP contribution < -0.4 is 4.90 Å². The van der Waals surface area contributed by atoms with Crippen LogP contribution in [0.1, 0.15) is 25.0 Å². The Labute approximate surface area is 382 Å². The maximum atomic E-state index is 2.53. The van der Waals surface area contributed by atoms with Crippen molar-refractivity contribution >= 4 is 93.0 Å². The molecule has 0 bridgehead atoms. The van der Waals surface area contributed by atoms with Gasteiger partial charge in [-0.1, -0.05) is 159 Å². The Kier molecular flexibility index (Phi) is 7.74. The summed E-state index contributed by atoms with van der Waals surface area (Å²) in [4.78, 5) is 2.53. The highest BCUT2D eigenvalue weighted by Gasteiger charge is 2.38. The molecule has 3 heteroatoms. The minimum atomic E-state index is -0.366. The Hall–Kier alpha value is -8.40. The summed E-state index contributed by atoms with van der Waals surface area (Å²) in [5.41, 5.74) is 15.3. The van der Waals surface area contributed by atoms with Crippen molar-refractivity contribution in [3.63, 3.8) is 0 Å². The maximum absolute atomic E-state index is 2.53. The molecule has 3 nitrogen and oxygen atoms in total. The van der Waals surface area contributed by atoms with Gasteiger partial charge in [0.2, 0.25) is 0 Å². The molecule has 0 aliphatic carbocycles. The zero-order valence-corrected chi connectivity index (χ0v) is 36.7. The summed E-state index contributed by atoms with van der Waals surface area (Å²) >= 11 is 0. The molecule has 14 rings (SSSR count). The van der Waals surface area contributed by atoms with Crippen molar-refractivity contribution < 1.29 is 0 Å². The number of anilines is 3. The number of hydrogen-bond donors (Lipinski definition) is 0. The quantitative estimate of drug-likeness (QED) is 0.161. The van der Waals surface area contributed by atoms with Gasteiger partial charge in [-0.25, -0.2) is 0 Å². The molecule has 13 aromatic rings. The summed E-state index contributed by atoms with van der Waals surface area (Å²) in [6.45, 7) is 4.83. The zero-order chi connectivity index (χ0) is 43.7. The van der Waals surface area contributed by atoms with Crippen LogP contribution in [0.3, 0.4) is 0 Å². The van der Waals surface area contributed by atoms with Crippen LogP contribution in [0.25, 0.3) is 98.4 Å². The van der Waals surface area contributed by atoms with Gasteiger partial charge < -0.3 is 14.0 Å². The van der Waals surface area contributed by atoms with Crippen LogP contribution in [0.2, 0.25) is 0 Å². The Morgan fingerprint density at radius 2 is 0.652 bits per heavy atom. The van der Waals surface area contributed by atoms with Crippen LogP contribution >= 0.6 is 0 Å². The van der Waals surface area contributed by atoms with E-state index < -0.39 is 0 Å². The number of benzene rings is 11. The second-order valence-corrected chi connectivity index (χ2v) is 18.5. The summed E-state index contributed by atoms with van der Waals surface area (Å²) < 4.78 is 4.90. The Bertz CT molecular complexity index is 3870. The zero-order valence-electron chi connectivity index (χ0n) is 36.7. The van der Waals surface area contributed by atoms with Crippen molar-refractivity contribution in [1.29, 1.82) is 0 Å². The first-order valence-corrected chi connectivity index (χ1v) is 23.0. The fourth-order valence-electron chi connectivity index (χ4n) is 11.6. The molecule has 0 fully saturated rings. The molecule has 1 aliphatic rings. The van der Waals surface area contributed by atoms with Gasteiger partial charge in [-0.05, 0) is 133 Å². The van der Waals surface area contributed by atoms with Crippen LogP contribution in [0.5, 0.6) is 0 Å². The summed E-state index contributed by atoms with van der Waals surface area (Å²) in [5.74, 6) is 0. The van der Waals surface area contributed by atoms with Gasteiger partial charge >= 0.3 is 0 Å². The normalized spacial score (nSPS) is 13.4. The lowest BCUT2D eigenvalue weighted by Gasteiger charge is -2.42. The molecule has 66 heavy (non-hydrogen) atoms. The number of aromatic nitrogens is 2. The molecule has 1 aliphatic heterocycles. The summed E-state index contributed by atoms with van der Waals surface area (Å²) in [7, 11) is 0. The molecule has 0 unspecified atom stereocenters. The lowest BCUT2D eigenvalue weighted by Crippen LogP contribution is -2.31. The predicted octanol–water partition coefficient (Wildman–Crippen LogP) is 17.1. The van der Waals surface area contributed by atoms with E-state index in [1.807, 2.05) is 0 Å². The van der Waals surface area contributed by atoms with E-state index in [4.69, 9.17) is 0 Å². The standard InChI is InChI=1S/C63H43N3/c1-63(2)55-38-43(64-57-24-12-8-20-49(57)50-21-9-13-25-58(50)64)30-34-61(55)66(62-35-31-44(39-56(62)63)65-59-26-14-10-22-51(59)52-23-11-15-27-60(52)65)42-29-33-48-46-19-7-6-18-45(46)47-32-28-41(36-53(47)54(48)37-42)40-16-4-3-5-17-40/h3-39H,1-2H3. The molecule has 0 saturated carbocycles. The van der Waals surface area contributed by atoms with E-state index >= 15 is 0 Å². The third-order valence-corrected chi connectivity index (χ3v) is 14.7. The first-order valence-electron chi connectivity index (χ1n) is 23.0. The van der Waals surface area contributed by atoms with Crippen LogP contribution in [-0.2, 0) is 5.41 Å².